The smallest absolute Gasteiger partial charge is 0.328 e. The molecule has 112 valence electrons. The van der Waals surface area contributed by atoms with E-state index in [-0.39, 0.29) is 25.0 Å². The highest BCUT2D eigenvalue weighted by atomic mass is 16.4. The highest BCUT2D eigenvalue weighted by Crippen LogP contribution is 2.22. The van der Waals surface area contributed by atoms with Gasteiger partial charge in [-0.15, -0.1) is 0 Å². The zero-order chi connectivity index (χ0) is 14.7. The van der Waals surface area contributed by atoms with E-state index in [9.17, 15) is 14.4 Å². The fourth-order valence-electron chi connectivity index (χ4n) is 2.89. The second-order valence-electron chi connectivity index (χ2n) is 5.46. The molecule has 2 saturated heterocycles. The van der Waals surface area contributed by atoms with Gasteiger partial charge in [0.25, 0.3) is 0 Å². The molecule has 2 fully saturated rings. The number of urea groups is 1. The molecule has 0 aromatic heterocycles. The summed E-state index contributed by atoms with van der Waals surface area (Å²) < 4.78 is 0. The van der Waals surface area contributed by atoms with Gasteiger partial charge in [-0.25, -0.2) is 9.59 Å². The van der Waals surface area contributed by atoms with Gasteiger partial charge in [0.05, 0.1) is 0 Å². The Morgan fingerprint density at radius 1 is 1.45 bits per heavy atom. The third-order valence-corrected chi connectivity index (χ3v) is 3.97. The molecule has 7 nitrogen and oxygen atoms in total. The number of carboxylic acids is 1. The number of aliphatic carboxylic acids is 1. The van der Waals surface area contributed by atoms with Gasteiger partial charge in [0.2, 0.25) is 5.91 Å². The summed E-state index contributed by atoms with van der Waals surface area (Å²) >= 11 is 0. The lowest BCUT2D eigenvalue weighted by molar-refractivity contribution is -0.144. The number of carbonyl (C=O) groups excluding carboxylic acids is 2. The van der Waals surface area contributed by atoms with Gasteiger partial charge in [0.1, 0.15) is 12.6 Å². The highest BCUT2D eigenvalue weighted by molar-refractivity contribution is 5.90. The zero-order valence-electron chi connectivity index (χ0n) is 11.7. The summed E-state index contributed by atoms with van der Waals surface area (Å²) in [6.07, 6.45) is 3.11. The van der Waals surface area contributed by atoms with Crippen LogP contribution in [0.4, 0.5) is 4.79 Å². The number of carbonyl (C=O) groups is 3. The maximum absolute atomic E-state index is 12.4. The molecule has 0 radical (unpaired) electrons. The molecule has 0 aliphatic carbocycles. The molecule has 2 aliphatic rings. The van der Waals surface area contributed by atoms with Crippen LogP contribution in [0.15, 0.2) is 0 Å². The van der Waals surface area contributed by atoms with Crippen molar-refractivity contribution in [3.8, 4) is 0 Å². The maximum Gasteiger partial charge on any atom is 0.328 e. The fourth-order valence-corrected chi connectivity index (χ4v) is 2.89. The predicted molar refractivity (Wildman–Crippen MR) is 71.1 cm³/mol. The number of nitrogens with one attached hydrogen (secondary N) is 1. The zero-order valence-corrected chi connectivity index (χ0v) is 11.7. The van der Waals surface area contributed by atoms with E-state index in [1.54, 1.807) is 4.90 Å². The molecule has 2 heterocycles. The summed E-state index contributed by atoms with van der Waals surface area (Å²) in [5.74, 6) is -0.895. The van der Waals surface area contributed by atoms with E-state index in [0.717, 1.165) is 19.3 Å². The predicted octanol–water partition coefficient (Wildman–Crippen LogP) is 0.113. The lowest BCUT2D eigenvalue weighted by Gasteiger charge is -2.35. The number of piperazine rings is 1. The molecule has 2 unspecified atom stereocenters. The molecule has 2 aliphatic heterocycles. The van der Waals surface area contributed by atoms with Gasteiger partial charge < -0.3 is 15.3 Å². The number of rotatable bonds is 3. The van der Waals surface area contributed by atoms with Crippen LogP contribution in [0.1, 0.15) is 26.2 Å². The fraction of sp³-hybridized carbons (Fsp3) is 0.769. The number of nitrogens with zero attached hydrogens (tertiary/aromatic N) is 2. The average molecular weight is 283 g/mol. The van der Waals surface area contributed by atoms with Crippen molar-refractivity contribution >= 4 is 17.9 Å². The lowest BCUT2D eigenvalue weighted by Crippen LogP contribution is -2.61. The topological polar surface area (TPSA) is 90.0 Å². The first-order valence-electron chi connectivity index (χ1n) is 7.08. The summed E-state index contributed by atoms with van der Waals surface area (Å²) in [4.78, 5) is 37.9. The van der Waals surface area contributed by atoms with Crippen molar-refractivity contribution in [3.05, 3.63) is 0 Å². The van der Waals surface area contributed by atoms with E-state index in [1.165, 1.54) is 4.90 Å². The molecule has 0 bridgehead atoms. The number of hydrogen-bond donors (Lipinski definition) is 2. The third kappa shape index (κ3) is 3.02. The molecule has 2 atom stereocenters. The number of hydrogen-bond acceptors (Lipinski definition) is 3. The van der Waals surface area contributed by atoms with Crippen molar-refractivity contribution in [2.24, 2.45) is 5.92 Å². The summed E-state index contributed by atoms with van der Waals surface area (Å²) in [5.41, 5.74) is 0. The SMILES string of the molecule is CCCC1CCN(C(=O)N2CC(=O)NCC2C(=O)O)C1. The first kappa shape index (κ1) is 14.6. The van der Waals surface area contributed by atoms with Gasteiger partial charge >= 0.3 is 12.0 Å². The van der Waals surface area contributed by atoms with Crippen LogP contribution in [0.5, 0.6) is 0 Å². The molecule has 20 heavy (non-hydrogen) atoms. The number of carboxylic acid groups (broad SMARTS) is 1. The second-order valence-corrected chi connectivity index (χ2v) is 5.46. The van der Waals surface area contributed by atoms with Gasteiger partial charge in [0.15, 0.2) is 0 Å². The van der Waals surface area contributed by atoms with Crippen molar-refractivity contribution in [1.29, 1.82) is 0 Å². The summed E-state index contributed by atoms with van der Waals surface area (Å²) in [5, 5.41) is 11.6. The van der Waals surface area contributed by atoms with Crippen LogP contribution in [-0.4, -0.2) is 65.0 Å². The lowest BCUT2D eigenvalue weighted by atomic mass is 10.0. The normalized spacial score (nSPS) is 26.6. The van der Waals surface area contributed by atoms with E-state index in [4.69, 9.17) is 5.11 Å². The van der Waals surface area contributed by atoms with E-state index < -0.39 is 12.0 Å². The maximum atomic E-state index is 12.4. The van der Waals surface area contributed by atoms with Crippen molar-refractivity contribution < 1.29 is 19.5 Å². The largest absolute Gasteiger partial charge is 0.480 e. The van der Waals surface area contributed by atoms with Crippen molar-refractivity contribution in [2.75, 3.05) is 26.2 Å². The Morgan fingerprint density at radius 3 is 2.85 bits per heavy atom. The molecular weight excluding hydrogens is 262 g/mol. The summed E-state index contributed by atoms with van der Waals surface area (Å²) in [6.45, 7) is 3.22. The van der Waals surface area contributed by atoms with Gasteiger partial charge in [-0.1, -0.05) is 13.3 Å². The Balaban J connectivity index is 2.02. The number of likely N-dealkylation sites (tertiary alicyclic amines) is 1. The Bertz CT molecular complexity index is 412. The Morgan fingerprint density at radius 2 is 2.20 bits per heavy atom. The van der Waals surface area contributed by atoms with E-state index in [1.807, 2.05) is 0 Å². The van der Waals surface area contributed by atoms with Gasteiger partial charge in [0, 0.05) is 19.6 Å². The van der Waals surface area contributed by atoms with Gasteiger partial charge in [-0.05, 0) is 18.8 Å². The third-order valence-electron chi connectivity index (χ3n) is 3.97. The second kappa shape index (κ2) is 6.11. The summed E-state index contributed by atoms with van der Waals surface area (Å²) in [7, 11) is 0. The van der Waals surface area contributed by atoms with Crippen LogP contribution in [0, 0.1) is 5.92 Å². The minimum absolute atomic E-state index is 0.0217. The van der Waals surface area contributed by atoms with Crippen LogP contribution < -0.4 is 5.32 Å². The number of amides is 3. The first-order valence-corrected chi connectivity index (χ1v) is 7.08. The van der Waals surface area contributed by atoms with Crippen LogP contribution >= 0.6 is 0 Å². The highest BCUT2D eigenvalue weighted by Gasteiger charge is 2.38. The molecule has 0 aromatic rings. The Labute approximate surface area is 117 Å². The summed E-state index contributed by atoms with van der Waals surface area (Å²) in [6, 6.07) is -1.30. The van der Waals surface area contributed by atoms with Crippen molar-refractivity contribution in [1.82, 2.24) is 15.1 Å². The first-order chi connectivity index (χ1) is 9.52. The van der Waals surface area contributed by atoms with E-state index >= 15 is 0 Å². The Kier molecular flexibility index (Phi) is 4.46. The molecular formula is C13H21N3O4. The van der Waals surface area contributed by atoms with Crippen LogP contribution in [-0.2, 0) is 9.59 Å². The minimum atomic E-state index is -1.08. The molecule has 2 rings (SSSR count). The van der Waals surface area contributed by atoms with Gasteiger partial charge in [-0.2, -0.15) is 0 Å². The van der Waals surface area contributed by atoms with Crippen molar-refractivity contribution in [3.63, 3.8) is 0 Å². The van der Waals surface area contributed by atoms with E-state index in [0.29, 0.717) is 19.0 Å². The van der Waals surface area contributed by atoms with Crippen LogP contribution in [0.2, 0.25) is 0 Å². The quantitative estimate of drug-likeness (QED) is 0.769. The molecule has 3 amide bonds. The Hall–Kier alpha value is -1.79. The molecule has 7 heteroatoms. The van der Waals surface area contributed by atoms with Gasteiger partial charge in [-0.3, -0.25) is 9.69 Å². The molecule has 0 aromatic carbocycles. The minimum Gasteiger partial charge on any atom is -0.480 e. The van der Waals surface area contributed by atoms with Crippen LogP contribution in [0.25, 0.3) is 0 Å². The van der Waals surface area contributed by atoms with Crippen molar-refractivity contribution in [2.45, 2.75) is 32.2 Å². The molecule has 2 N–H and O–H groups in total. The van der Waals surface area contributed by atoms with E-state index in [2.05, 4.69) is 12.2 Å². The standard InChI is InChI=1S/C13H21N3O4/c1-2-3-9-4-5-15(7-9)13(20)16-8-11(17)14-6-10(16)12(18)19/h9-10H,2-8H2,1H3,(H,14,17)(H,18,19). The molecule has 0 spiro atoms. The average Bonchev–Trinajstić information content (AvgIpc) is 2.86. The van der Waals surface area contributed by atoms with Crippen LogP contribution in [0.3, 0.4) is 0 Å². The monoisotopic (exact) mass is 283 g/mol. The molecule has 0 saturated carbocycles.